The van der Waals surface area contributed by atoms with Crippen LogP contribution in [0, 0.1) is 0 Å². The Hall–Kier alpha value is -2.61. The number of halogens is 3. The summed E-state index contributed by atoms with van der Waals surface area (Å²) in [5, 5.41) is 10.4. The van der Waals surface area contributed by atoms with E-state index in [9.17, 15) is 18.0 Å². The van der Waals surface area contributed by atoms with E-state index in [2.05, 4.69) is 21.8 Å². The van der Waals surface area contributed by atoms with Gasteiger partial charge >= 0.3 is 6.18 Å². The summed E-state index contributed by atoms with van der Waals surface area (Å²) in [5.41, 5.74) is 1.89. The van der Waals surface area contributed by atoms with Gasteiger partial charge in [-0.3, -0.25) is 4.79 Å². The zero-order valence-electron chi connectivity index (χ0n) is 15.2. The van der Waals surface area contributed by atoms with Gasteiger partial charge < -0.3 is 10.6 Å². The maximum absolute atomic E-state index is 13.1. The molecule has 0 bridgehead atoms. The lowest BCUT2D eigenvalue weighted by Crippen LogP contribution is -2.30. The Morgan fingerprint density at radius 1 is 1.32 bits per heavy atom. The number of alkyl halides is 3. The van der Waals surface area contributed by atoms with Crippen LogP contribution in [-0.2, 0) is 6.18 Å². The lowest BCUT2D eigenvalue weighted by Gasteiger charge is -2.15. The summed E-state index contributed by atoms with van der Waals surface area (Å²) in [6.45, 7) is 2.16. The smallest absolute Gasteiger partial charge is 0.348 e. The molecule has 0 radical (unpaired) electrons. The van der Waals surface area contributed by atoms with Crippen molar-refractivity contribution in [2.75, 3.05) is 19.6 Å². The van der Waals surface area contributed by atoms with Crippen molar-refractivity contribution in [2.45, 2.75) is 31.4 Å². The molecule has 0 saturated heterocycles. The van der Waals surface area contributed by atoms with E-state index in [1.807, 2.05) is 0 Å². The molecule has 1 aromatic heterocycles. The fraction of sp³-hybridized carbons (Fsp3) is 0.400. The van der Waals surface area contributed by atoms with E-state index in [4.69, 9.17) is 0 Å². The van der Waals surface area contributed by atoms with E-state index in [0.717, 1.165) is 44.5 Å². The summed E-state index contributed by atoms with van der Waals surface area (Å²) in [4.78, 5) is 12.7. The molecular weight excluding hydrogens is 369 g/mol. The molecule has 8 heteroatoms. The number of hydrogen-bond donors (Lipinski definition) is 2. The second-order valence-corrected chi connectivity index (χ2v) is 7.18. The van der Waals surface area contributed by atoms with E-state index in [0.29, 0.717) is 23.5 Å². The summed E-state index contributed by atoms with van der Waals surface area (Å²) in [6, 6.07) is 5.04. The topological polar surface area (TPSA) is 59.0 Å². The highest BCUT2D eigenvalue weighted by molar-refractivity contribution is 5.95. The monoisotopic (exact) mass is 390 g/mol. The van der Waals surface area contributed by atoms with Crippen molar-refractivity contribution < 1.29 is 18.0 Å². The van der Waals surface area contributed by atoms with Crippen molar-refractivity contribution in [2.24, 2.45) is 0 Å². The standard InChI is InChI=1S/C20H21F3N4O/c21-20(22,23)15-2-1-3-16(10-15)27-18(14-4-5-14)17(12-26-27)19(28)25-11-13-6-8-24-9-7-13/h1-3,6,10,12,14,24H,4-5,7-9,11H2,(H,25,28). The first kappa shape index (κ1) is 18.7. The quantitative estimate of drug-likeness (QED) is 0.770. The highest BCUT2D eigenvalue weighted by Gasteiger charge is 2.34. The summed E-state index contributed by atoms with van der Waals surface area (Å²) in [5.74, 6) is -0.0875. The van der Waals surface area contributed by atoms with Gasteiger partial charge in [0.05, 0.1) is 28.7 Å². The zero-order chi connectivity index (χ0) is 19.7. The Bertz CT molecular complexity index is 912. The van der Waals surface area contributed by atoms with Gasteiger partial charge in [0.1, 0.15) is 0 Å². The predicted molar refractivity (Wildman–Crippen MR) is 98.4 cm³/mol. The van der Waals surface area contributed by atoms with Gasteiger partial charge in [-0.05, 0) is 44.0 Å². The molecule has 1 aliphatic carbocycles. The number of carbonyl (C=O) groups excluding carboxylic acids is 1. The van der Waals surface area contributed by atoms with Gasteiger partial charge in [-0.1, -0.05) is 17.7 Å². The predicted octanol–water partition coefficient (Wildman–Crippen LogP) is 3.42. The van der Waals surface area contributed by atoms with Crippen LogP contribution in [0.5, 0.6) is 0 Å². The molecule has 1 aliphatic heterocycles. The number of carbonyl (C=O) groups is 1. The average molecular weight is 390 g/mol. The molecular formula is C20H21F3N4O. The van der Waals surface area contributed by atoms with Gasteiger partial charge in [0.25, 0.3) is 5.91 Å². The Labute approximate surface area is 160 Å². The van der Waals surface area contributed by atoms with E-state index >= 15 is 0 Å². The first-order valence-corrected chi connectivity index (χ1v) is 9.36. The summed E-state index contributed by atoms with van der Waals surface area (Å²) in [6.07, 6.45) is 1.80. The van der Waals surface area contributed by atoms with E-state index in [1.165, 1.54) is 22.5 Å². The molecule has 2 heterocycles. The third kappa shape index (κ3) is 3.96. The molecule has 2 aromatic rings. The molecule has 0 unspecified atom stereocenters. The van der Waals surface area contributed by atoms with Crippen LogP contribution < -0.4 is 10.6 Å². The normalized spacial score (nSPS) is 17.3. The molecule has 1 saturated carbocycles. The first-order chi connectivity index (χ1) is 13.4. The Morgan fingerprint density at radius 3 is 2.82 bits per heavy atom. The molecule has 28 heavy (non-hydrogen) atoms. The van der Waals surface area contributed by atoms with Crippen LogP contribution in [0.15, 0.2) is 42.1 Å². The van der Waals surface area contributed by atoms with Gasteiger partial charge in [-0.15, -0.1) is 0 Å². The van der Waals surface area contributed by atoms with Crippen LogP contribution >= 0.6 is 0 Å². The fourth-order valence-electron chi connectivity index (χ4n) is 3.42. The minimum Gasteiger partial charge on any atom is -0.348 e. The Morgan fingerprint density at radius 2 is 2.14 bits per heavy atom. The second-order valence-electron chi connectivity index (χ2n) is 7.18. The van der Waals surface area contributed by atoms with Gasteiger partial charge in [0.2, 0.25) is 0 Å². The molecule has 0 atom stereocenters. The average Bonchev–Trinajstić information content (AvgIpc) is 3.44. The SMILES string of the molecule is O=C(NCC1=CCNCC1)c1cnn(-c2cccc(C(F)(F)F)c2)c1C1CC1. The van der Waals surface area contributed by atoms with Crippen LogP contribution in [0.1, 0.15) is 46.8 Å². The second kappa shape index (κ2) is 7.43. The molecule has 1 amide bonds. The van der Waals surface area contributed by atoms with E-state index in [1.54, 1.807) is 6.07 Å². The van der Waals surface area contributed by atoms with Crippen LogP contribution in [0.2, 0.25) is 0 Å². The third-order valence-corrected chi connectivity index (χ3v) is 5.07. The van der Waals surface area contributed by atoms with Gasteiger partial charge in [-0.2, -0.15) is 18.3 Å². The fourth-order valence-corrected chi connectivity index (χ4v) is 3.42. The zero-order valence-corrected chi connectivity index (χ0v) is 15.2. The molecule has 2 aliphatic rings. The lowest BCUT2D eigenvalue weighted by atomic mass is 10.1. The number of nitrogens with zero attached hydrogens (tertiary/aromatic N) is 2. The van der Waals surface area contributed by atoms with Gasteiger partial charge in [-0.25, -0.2) is 4.68 Å². The third-order valence-electron chi connectivity index (χ3n) is 5.07. The minimum atomic E-state index is -4.42. The van der Waals surface area contributed by atoms with Crippen molar-refractivity contribution >= 4 is 5.91 Å². The van der Waals surface area contributed by atoms with Crippen molar-refractivity contribution in [3.8, 4) is 5.69 Å². The number of benzene rings is 1. The van der Waals surface area contributed by atoms with E-state index < -0.39 is 11.7 Å². The lowest BCUT2D eigenvalue weighted by molar-refractivity contribution is -0.137. The Balaban J connectivity index is 1.60. The number of amides is 1. The summed E-state index contributed by atoms with van der Waals surface area (Å²) in [7, 11) is 0. The summed E-state index contributed by atoms with van der Waals surface area (Å²) < 4.78 is 40.7. The molecule has 2 N–H and O–H groups in total. The number of nitrogens with one attached hydrogen (secondary N) is 2. The molecule has 0 spiro atoms. The van der Waals surface area contributed by atoms with Crippen molar-refractivity contribution in [1.29, 1.82) is 0 Å². The molecule has 5 nitrogen and oxygen atoms in total. The van der Waals surface area contributed by atoms with Crippen molar-refractivity contribution in [3.05, 3.63) is 58.9 Å². The molecule has 1 aromatic carbocycles. The number of rotatable bonds is 5. The van der Waals surface area contributed by atoms with Crippen LogP contribution in [0.4, 0.5) is 13.2 Å². The molecule has 4 rings (SSSR count). The van der Waals surface area contributed by atoms with Crippen molar-refractivity contribution in [3.63, 3.8) is 0 Å². The minimum absolute atomic E-state index is 0.149. The van der Waals surface area contributed by atoms with Crippen LogP contribution in [-0.4, -0.2) is 35.3 Å². The molecule has 1 fully saturated rings. The number of hydrogen-bond acceptors (Lipinski definition) is 3. The van der Waals surface area contributed by atoms with Crippen LogP contribution in [0.3, 0.4) is 0 Å². The molecule has 148 valence electrons. The maximum atomic E-state index is 13.1. The largest absolute Gasteiger partial charge is 0.416 e. The highest BCUT2D eigenvalue weighted by Crippen LogP contribution is 2.42. The summed E-state index contributed by atoms with van der Waals surface area (Å²) >= 11 is 0. The number of aromatic nitrogens is 2. The maximum Gasteiger partial charge on any atom is 0.416 e. The first-order valence-electron chi connectivity index (χ1n) is 9.36. The highest BCUT2D eigenvalue weighted by atomic mass is 19.4. The Kier molecular flexibility index (Phi) is 4.97. The van der Waals surface area contributed by atoms with E-state index in [-0.39, 0.29) is 11.8 Å². The van der Waals surface area contributed by atoms with Crippen molar-refractivity contribution in [1.82, 2.24) is 20.4 Å². The van der Waals surface area contributed by atoms with Crippen LogP contribution in [0.25, 0.3) is 5.69 Å². The van der Waals surface area contributed by atoms with Gasteiger partial charge in [0.15, 0.2) is 0 Å². The van der Waals surface area contributed by atoms with Gasteiger partial charge in [0, 0.05) is 19.0 Å².